The van der Waals surface area contributed by atoms with Crippen LogP contribution in [0, 0.1) is 18.3 Å². The number of anilines is 1. The van der Waals surface area contributed by atoms with Crippen LogP contribution in [0.25, 0.3) is 16.2 Å². The fraction of sp³-hybridized carbons (Fsp3) is 0.458. The van der Waals surface area contributed by atoms with Gasteiger partial charge in [0.1, 0.15) is 17.2 Å². The molecule has 3 aromatic heterocycles. The van der Waals surface area contributed by atoms with E-state index < -0.39 is 16.8 Å². The molecular formula is C24H26N4O5S. The monoisotopic (exact) mass is 482 g/mol. The van der Waals surface area contributed by atoms with E-state index in [2.05, 4.69) is 4.98 Å². The summed E-state index contributed by atoms with van der Waals surface area (Å²) in [5.74, 6) is 0.0413. The van der Waals surface area contributed by atoms with Gasteiger partial charge in [-0.1, -0.05) is 0 Å². The number of pyridine rings is 2. The molecule has 0 amide bonds. The lowest BCUT2D eigenvalue weighted by molar-refractivity contribution is -0.130. The lowest BCUT2D eigenvalue weighted by Gasteiger charge is -2.48. The number of carboxylic acids is 1. The molecule has 0 unspecified atom stereocenters. The van der Waals surface area contributed by atoms with Crippen molar-refractivity contribution < 1.29 is 19.4 Å². The van der Waals surface area contributed by atoms with Crippen molar-refractivity contribution in [3.05, 3.63) is 45.2 Å². The molecular weight excluding hydrogens is 456 g/mol. The minimum absolute atomic E-state index is 0.262. The number of hydrogen-bond acceptors (Lipinski definition) is 8. The number of Topliss-reactive ketones (excluding diaryl/α,β-unsaturated/α-hetero) is 1. The van der Waals surface area contributed by atoms with Gasteiger partial charge in [-0.05, 0) is 44.2 Å². The average Bonchev–Trinajstić information content (AvgIpc) is 3.32. The van der Waals surface area contributed by atoms with E-state index in [1.54, 1.807) is 29.1 Å². The van der Waals surface area contributed by atoms with Gasteiger partial charge in [0.15, 0.2) is 10.8 Å². The Labute approximate surface area is 200 Å². The SMILES string of the molecule is Cc1cc(N2CC(C)(C(=O)CC3CCOCC3)C2)nc2c1c(=O)c(C(=O)O)cn2-c1nccs1. The Balaban J connectivity index is 1.47. The predicted octanol–water partition coefficient (Wildman–Crippen LogP) is 3.06. The van der Waals surface area contributed by atoms with Crippen molar-refractivity contribution in [1.82, 2.24) is 14.5 Å². The van der Waals surface area contributed by atoms with E-state index in [9.17, 15) is 19.5 Å². The Bertz CT molecular complexity index is 1320. The van der Waals surface area contributed by atoms with Crippen LogP contribution in [0.5, 0.6) is 0 Å². The predicted molar refractivity (Wildman–Crippen MR) is 128 cm³/mol. The summed E-state index contributed by atoms with van der Waals surface area (Å²) in [5.41, 5.74) is -0.310. The van der Waals surface area contributed by atoms with Gasteiger partial charge in [0.2, 0.25) is 5.43 Å². The molecule has 1 N–H and O–H groups in total. The fourth-order valence-electron chi connectivity index (χ4n) is 4.87. The lowest BCUT2D eigenvalue weighted by atomic mass is 9.74. The molecule has 5 rings (SSSR count). The number of aromatic carboxylic acids is 1. The zero-order chi connectivity index (χ0) is 24.0. The van der Waals surface area contributed by atoms with Gasteiger partial charge in [0.05, 0.1) is 10.8 Å². The highest BCUT2D eigenvalue weighted by molar-refractivity contribution is 7.12. The number of carbonyl (C=O) groups is 2. The molecule has 2 saturated heterocycles. The van der Waals surface area contributed by atoms with Crippen LogP contribution in [-0.2, 0) is 9.53 Å². The number of aryl methyl sites for hydroxylation is 1. The maximum atomic E-state index is 13.0. The second-order valence-corrected chi connectivity index (χ2v) is 10.3. The smallest absolute Gasteiger partial charge is 0.341 e. The number of rotatable bonds is 6. The summed E-state index contributed by atoms with van der Waals surface area (Å²) < 4.78 is 6.97. The molecule has 0 radical (unpaired) electrons. The highest BCUT2D eigenvalue weighted by Crippen LogP contribution is 2.38. The molecule has 2 aliphatic rings. The number of thiazole rings is 1. The van der Waals surface area contributed by atoms with Crippen molar-refractivity contribution in [2.75, 3.05) is 31.2 Å². The van der Waals surface area contributed by atoms with Crippen molar-refractivity contribution in [3.63, 3.8) is 0 Å². The molecule has 0 aromatic carbocycles. The summed E-state index contributed by atoms with van der Waals surface area (Å²) in [4.78, 5) is 48.8. The number of ketones is 1. The zero-order valence-electron chi connectivity index (χ0n) is 19.1. The van der Waals surface area contributed by atoms with E-state index >= 15 is 0 Å². The van der Waals surface area contributed by atoms with Crippen LogP contribution in [0.2, 0.25) is 0 Å². The minimum Gasteiger partial charge on any atom is -0.477 e. The van der Waals surface area contributed by atoms with Crippen LogP contribution < -0.4 is 10.3 Å². The second kappa shape index (κ2) is 8.59. The van der Waals surface area contributed by atoms with Crippen molar-refractivity contribution in [3.8, 4) is 5.13 Å². The van der Waals surface area contributed by atoms with Crippen LogP contribution in [0.3, 0.4) is 0 Å². The van der Waals surface area contributed by atoms with Crippen LogP contribution in [0.1, 0.15) is 42.1 Å². The van der Waals surface area contributed by atoms with Gasteiger partial charge < -0.3 is 14.7 Å². The number of aromatic nitrogens is 3. The van der Waals surface area contributed by atoms with Gasteiger partial charge in [0, 0.05) is 50.5 Å². The van der Waals surface area contributed by atoms with E-state index in [1.807, 2.05) is 11.8 Å². The van der Waals surface area contributed by atoms with E-state index in [1.165, 1.54) is 17.5 Å². The molecule has 0 spiro atoms. The summed E-state index contributed by atoms with van der Waals surface area (Å²) in [6, 6.07) is 1.80. The number of ether oxygens (including phenoxy) is 1. The standard InChI is InChI=1S/C24H26N4O5S/c1-14-9-18(27-12-24(2,13-27)17(29)10-15-3-6-33-7-4-15)26-21-19(14)20(30)16(22(31)32)11-28(21)23-25-5-8-34-23/h5,8-9,11,15H,3-4,6-7,10,12-13H2,1-2H3,(H,31,32). The molecule has 0 atom stereocenters. The fourth-order valence-corrected chi connectivity index (χ4v) is 5.48. The second-order valence-electron chi connectivity index (χ2n) is 9.46. The van der Waals surface area contributed by atoms with Crippen LogP contribution in [-0.4, -0.2) is 57.7 Å². The summed E-state index contributed by atoms with van der Waals surface area (Å²) in [6.07, 6.45) is 5.36. The maximum Gasteiger partial charge on any atom is 0.341 e. The van der Waals surface area contributed by atoms with Crippen molar-refractivity contribution in [2.45, 2.75) is 33.1 Å². The largest absolute Gasteiger partial charge is 0.477 e. The van der Waals surface area contributed by atoms with Gasteiger partial charge in [-0.15, -0.1) is 11.3 Å². The third-order valence-corrected chi connectivity index (χ3v) is 7.66. The quantitative estimate of drug-likeness (QED) is 0.570. The van der Waals surface area contributed by atoms with Crippen LogP contribution in [0.15, 0.2) is 28.6 Å². The Kier molecular flexibility index (Phi) is 5.73. The molecule has 5 heterocycles. The molecule has 0 aliphatic carbocycles. The van der Waals surface area contributed by atoms with Gasteiger partial charge in [-0.25, -0.2) is 14.8 Å². The topological polar surface area (TPSA) is 115 Å². The first kappa shape index (κ1) is 22.7. The van der Waals surface area contributed by atoms with Gasteiger partial charge in [-0.2, -0.15) is 0 Å². The normalized spacial score (nSPS) is 18.1. The van der Waals surface area contributed by atoms with Gasteiger partial charge in [-0.3, -0.25) is 14.2 Å². The van der Waals surface area contributed by atoms with E-state index in [-0.39, 0.29) is 16.7 Å². The highest BCUT2D eigenvalue weighted by atomic mass is 32.1. The molecule has 0 saturated carbocycles. The first-order chi connectivity index (χ1) is 16.3. The molecule has 34 heavy (non-hydrogen) atoms. The molecule has 2 fully saturated rings. The molecule has 10 heteroatoms. The van der Waals surface area contributed by atoms with E-state index in [4.69, 9.17) is 9.72 Å². The van der Waals surface area contributed by atoms with Gasteiger partial charge >= 0.3 is 5.97 Å². The van der Waals surface area contributed by atoms with Crippen LogP contribution in [0.4, 0.5) is 5.82 Å². The summed E-state index contributed by atoms with van der Waals surface area (Å²) in [5, 5.41) is 12.1. The summed E-state index contributed by atoms with van der Waals surface area (Å²) in [7, 11) is 0. The molecule has 0 bridgehead atoms. The molecule has 178 valence electrons. The maximum absolute atomic E-state index is 13.0. The Morgan fingerprint density at radius 2 is 2.03 bits per heavy atom. The highest BCUT2D eigenvalue weighted by Gasteiger charge is 2.45. The third-order valence-electron chi connectivity index (χ3n) is 6.89. The number of nitrogens with zero attached hydrogens (tertiary/aromatic N) is 4. The molecule has 9 nitrogen and oxygen atoms in total. The van der Waals surface area contributed by atoms with E-state index in [0.29, 0.717) is 47.6 Å². The molecule has 3 aromatic rings. The molecule has 2 aliphatic heterocycles. The Morgan fingerprint density at radius 1 is 1.29 bits per heavy atom. The number of carboxylic acid groups (broad SMARTS) is 1. The number of hydrogen-bond donors (Lipinski definition) is 1. The summed E-state index contributed by atoms with van der Waals surface area (Å²) >= 11 is 1.33. The zero-order valence-corrected chi connectivity index (χ0v) is 19.9. The van der Waals surface area contributed by atoms with Gasteiger partial charge in [0.25, 0.3) is 0 Å². The van der Waals surface area contributed by atoms with Crippen molar-refractivity contribution >= 4 is 39.9 Å². The summed E-state index contributed by atoms with van der Waals surface area (Å²) in [6.45, 7) is 6.35. The lowest BCUT2D eigenvalue weighted by Crippen LogP contribution is -2.59. The Morgan fingerprint density at radius 3 is 2.68 bits per heavy atom. The first-order valence-electron chi connectivity index (χ1n) is 11.3. The van der Waals surface area contributed by atoms with Crippen molar-refractivity contribution in [1.29, 1.82) is 0 Å². The first-order valence-corrected chi connectivity index (χ1v) is 12.2. The van der Waals surface area contributed by atoms with E-state index in [0.717, 1.165) is 26.1 Å². The number of fused-ring (bicyclic) bond motifs is 1. The van der Waals surface area contributed by atoms with Crippen LogP contribution >= 0.6 is 11.3 Å². The minimum atomic E-state index is -1.29. The Hall–Kier alpha value is -3.11. The third kappa shape index (κ3) is 3.90. The number of carbonyl (C=O) groups excluding carboxylic acids is 1. The van der Waals surface area contributed by atoms with Crippen molar-refractivity contribution in [2.24, 2.45) is 11.3 Å². The average molecular weight is 483 g/mol.